The zero-order valence-electron chi connectivity index (χ0n) is 13.4. The van der Waals surface area contributed by atoms with E-state index in [0.29, 0.717) is 41.7 Å². The SMILES string of the molecule is CC(CN)CNC(=O)C1CCCN1C(=O)c1cc(Cl)cc(Cl)c1.Cl. The molecule has 2 atom stereocenters. The number of likely N-dealkylation sites (tertiary alicyclic amines) is 1. The summed E-state index contributed by atoms with van der Waals surface area (Å²) in [5.74, 6) is -0.153. The van der Waals surface area contributed by atoms with E-state index < -0.39 is 6.04 Å². The van der Waals surface area contributed by atoms with E-state index in [-0.39, 0.29) is 30.1 Å². The Morgan fingerprint density at radius 3 is 2.54 bits per heavy atom. The van der Waals surface area contributed by atoms with Gasteiger partial charge in [-0.25, -0.2) is 0 Å². The minimum absolute atomic E-state index is 0. The fraction of sp³-hybridized carbons (Fsp3) is 0.500. The van der Waals surface area contributed by atoms with E-state index in [2.05, 4.69) is 5.32 Å². The molecule has 1 aliphatic heterocycles. The molecular weight excluding hydrogens is 373 g/mol. The van der Waals surface area contributed by atoms with E-state index in [4.69, 9.17) is 28.9 Å². The Hall–Kier alpha value is -1.01. The third-order valence-corrected chi connectivity index (χ3v) is 4.39. The molecule has 0 saturated carbocycles. The lowest BCUT2D eigenvalue weighted by Gasteiger charge is -2.24. The molecule has 1 saturated heterocycles. The van der Waals surface area contributed by atoms with E-state index in [1.54, 1.807) is 23.1 Å². The summed E-state index contributed by atoms with van der Waals surface area (Å²) in [6.45, 7) is 3.53. The van der Waals surface area contributed by atoms with Crippen molar-refractivity contribution in [3.8, 4) is 0 Å². The summed E-state index contributed by atoms with van der Waals surface area (Å²) in [5.41, 5.74) is 5.95. The van der Waals surface area contributed by atoms with Gasteiger partial charge in [-0.1, -0.05) is 30.1 Å². The molecule has 2 amide bonds. The van der Waals surface area contributed by atoms with Gasteiger partial charge in [0.1, 0.15) is 6.04 Å². The number of halogens is 3. The first kappa shape index (κ1) is 21.0. The number of hydrogen-bond donors (Lipinski definition) is 2. The fourth-order valence-corrected chi connectivity index (χ4v) is 3.13. The standard InChI is InChI=1S/C16H21Cl2N3O2.ClH/c1-10(8-19)9-20-15(22)14-3-2-4-21(14)16(23)11-5-12(17)7-13(18)6-11;/h5-7,10,14H,2-4,8-9,19H2,1H3,(H,20,22);1H. The highest BCUT2D eigenvalue weighted by molar-refractivity contribution is 6.35. The summed E-state index contributed by atoms with van der Waals surface area (Å²) < 4.78 is 0. The van der Waals surface area contributed by atoms with Gasteiger partial charge in [0, 0.05) is 28.7 Å². The van der Waals surface area contributed by atoms with Crippen LogP contribution in [0.3, 0.4) is 0 Å². The van der Waals surface area contributed by atoms with Crippen LogP contribution in [0.5, 0.6) is 0 Å². The van der Waals surface area contributed by atoms with Crippen molar-refractivity contribution in [2.75, 3.05) is 19.6 Å². The normalized spacial score (nSPS) is 18.0. The van der Waals surface area contributed by atoms with Gasteiger partial charge in [-0.15, -0.1) is 12.4 Å². The topological polar surface area (TPSA) is 75.4 Å². The molecule has 0 spiro atoms. The zero-order chi connectivity index (χ0) is 17.0. The number of amides is 2. The maximum atomic E-state index is 12.7. The molecule has 1 aliphatic rings. The van der Waals surface area contributed by atoms with Crippen LogP contribution in [0.2, 0.25) is 10.0 Å². The minimum Gasteiger partial charge on any atom is -0.354 e. The molecule has 1 aromatic carbocycles. The van der Waals surface area contributed by atoms with E-state index in [1.165, 1.54) is 0 Å². The van der Waals surface area contributed by atoms with E-state index >= 15 is 0 Å². The summed E-state index contributed by atoms with van der Waals surface area (Å²) >= 11 is 11.9. The Bertz CT molecular complexity index is 578. The lowest BCUT2D eigenvalue weighted by Crippen LogP contribution is -2.47. The molecule has 24 heavy (non-hydrogen) atoms. The van der Waals surface area contributed by atoms with Crippen LogP contribution in [-0.2, 0) is 4.79 Å². The molecule has 1 fully saturated rings. The zero-order valence-corrected chi connectivity index (χ0v) is 15.8. The largest absolute Gasteiger partial charge is 0.354 e. The molecule has 0 aromatic heterocycles. The van der Waals surface area contributed by atoms with Gasteiger partial charge in [-0.05, 0) is 43.5 Å². The molecule has 2 unspecified atom stereocenters. The summed E-state index contributed by atoms with van der Waals surface area (Å²) in [6, 6.07) is 4.26. The Morgan fingerprint density at radius 2 is 1.96 bits per heavy atom. The number of carbonyl (C=O) groups excluding carboxylic acids is 2. The smallest absolute Gasteiger partial charge is 0.254 e. The number of rotatable bonds is 5. The molecule has 3 N–H and O–H groups in total. The van der Waals surface area contributed by atoms with Gasteiger partial charge in [-0.3, -0.25) is 9.59 Å². The van der Waals surface area contributed by atoms with Gasteiger partial charge < -0.3 is 16.0 Å². The molecule has 1 aromatic rings. The van der Waals surface area contributed by atoms with Crippen LogP contribution in [0.4, 0.5) is 0 Å². The van der Waals surface area contributed by atoms with Crippen molar-refractivity contribution in [2.24, 2.45) is 11.7 Å². The predicted octanol–water partition coefficient (Wildman–Crippen LogP) is 2.73. The van der Waals surface area contributed by atoms with Crippen LogP contribution in [0.25, 0.3) is 0 Å². The van der Waals surface area contributed by atoms with E-state index in [0.717, 1.165) is 6.42 Å². The Balaban J connectivity index is 0.00000288. The van der Waals surface area contributed by atoms with Gasteiger partial charge in [0.15, 0.2) is 0 Å². The molecule has 134 valence electrons. The highest BCUT2D eigenvalue weighted by Crippen LogP contribution is 2.24. The lowest BCUT2D eigenvalue weighted by molar-refractivity contribution is -0.125. The first-order chi connectivity index (χ1) is 10.9. The second-order valence-corrected chi connectivity index (χ2v) is 6.77. The number of hydrogen-bond acceptors (Lipinski definition) is 3. The van der Waals surface area contributed by atoms with Gasteiger partial charge in [0.2, 0.25) is 5.91 Å². The van der Waals surface area contributed by atoms with Crippen molar-refractivity contribution in [2.45, 2.75) is 25.8 Å². The molecule has 0 aliphatic carbocycles. The Kier molecular flexibility index (Phi) is 8.30. The van der Waals surface area contributed by atoms with Crippen molar-refractivity contribution in [3.63, 3.8) is 0 Å². The number of nitrogens with one attached hydrogen (secondary N) is 1. The summed E-state index contributed by atoms with van der Waals surface area (Å²) in [4.78, 5) is 26.6. The number of nitrogens with two attached hydrogens (primary N) is 1. The van der Waals surface area contributed by atoms with Crippen molar-refractivity contribution in [1.29, 1.82) is 0 Å². The summed E-state index contributed by atoms with van der Waals surface area (Å²) in [7, 11) is 0. The average Bonchev–Trinajstić information content (AvgIpc) is 3.00. The second kappa shape index (κ2) is 9.47. The first-order valence-electron chi connectivity index (χ1n) is 7.67. The molecule has 5 nitrogen and oxygen atoms in total. The predicted molar refractivity (Wildman–Crippen MR) is 99.0 cm³/mol. The summed E-state index contributed by atoms with van der Waals surface area (Å²) in [5, 5.41) is 3.67. The summed E-state index contributed by atoms with van der Waals surface area (Å²) in [6.07, 6.45) is 1.45. The molecule has 2 rings (SSSR count). The number of carbonyl (C=O) groups is 2. The van der Waals surface area contributed by atoms with Gasteiger partial charge in [0.25, 0.3) is 5.91 Å². The monoisotopic (exact) mass is 393 g/mol. The number of benzene rings is 1. The van der Waals surface area contributed by atoms with Crippen LogP contribution < -0.4 is 11.1 Å². The highest BCUT2D eigenvalue weighted by Gasteiger charge is 2.34. The Morgan fingerprint density at radius 1 is 1.33 bits per heavy atom. The minimum atomic E-state index is -0.453. The van der Waals surface area contributed by atoms with Crippen molar-refractivity contribution >= 4 is 47.4 Å². The van der Waals surface area contributed by atoms with Crippen molar-refractivity contribution < 1.29 is 9.59 Å². The molecule has 8 heteroatoms. The molecule has 0 radical (unpaired) electrons. The van der Waals surface area contributed by atoms with E-state index in [9.17, 15) is 9.59 Å². The van der Waals surface area contributed by atoms with Crippen LogP contribution in [-0.4, -0.2) is 42.4 Å². The lowest BCUT2D eigenvalue weighted by atomic mass is 10.1. The van der Waals surface area contributed by atoms with E-state index in [1.807, 2.05) is 6.92 Å². The fourth-order valence-electron chi connectivity index (χ4n) is 2.60. The first-order valence-corrected chi connectivity index (χ1v) is 8.42. The number of nitrogens with zero attached hydrogens (tertiary/aromatic N) is 1. The Labute approximate surface area is 158 Å². The molecular formula is C16H22Cl3N3O2. The third-order valence-electron chi connectivity index (χ3n) is 3.95. The maximum absolute atomic E-state index is 12.7. The van der Waals surface area contributed by atoms with Crippen LogP contribution >= 0.6 is 35.6 Å². The van der Waals surface area contributed by atoms with Gasteiger partial charge >= 0.3 is 0 Å². The van der Waals surface area contributed by atoms with Crippen molar-refractivity contribution in [1.82, 2.24) is 10.2 Å². The quantitative estimate of drug-likeness (QED) is 0.806. The molecule has 1 heterocycles. The average molecular weight is 395 g/mol. The second-order valence-electron chi connectivity index (χ2n) is 5.90. The molecule has 0 bridgehead atoms. The highest BCUT2D eigenvalue weighted by atomic mass is 35.5. The third kappa shape index (κ3) is 5.24. The van der Waals surface area contributed by atoms with Crippen LogP contribution in [0.1, 0.15) is 30.1 Å². The van der Waals surface area contributed by atoms with Gasteiger partial charge in [0.05, 0.1) is 0 Å². The van der Waals surface area contributed by atoms with Crippen LogP contribution in [0, 0.1) is 5.92 Å². The van der Waals surface area contributed by atoms with Gasteiger partial charge in [-0.2, -0.15) is 0 Å². The van der Waals surface area contributed by atoms with Crippen molar-refractivity contribution in [3.05, 3.63) is 33.8 Å². The van der Waals surface area contributed by atoms with Crippen LogP contribution in [0.15, 0.2) is 18.2 Å². The maximum Gasteiger partial charge on any atom is 0.254 e.